The van der Waals surface area contributed by atoms with Crippen molar-refractivity contribution in [3.05, 3.63) is 24.3 Å². The molecule has 0 aromatic rings. The van der Waals surface area contributed by atoms with E-state index in [9.17, 15) is 14.4 Å². The molecule has 6 heteroatoms. The first-order valence-electron chi connectivity index (χ1n) is 28.4. The average Bonchev–Trinajstić information content (AvgIpc) is 3.29. The monoisotopic (exact) mass is 901 g/mol. The molecule has 376 valence electrons. The lowest BCUT2D eigenvalue weighted by Crippen LogP contribution is -2.30. The van der Waals surface area contributed by atoms with Crippen molar-refractivity contribution in [2.75, 3.05) is 13.2 Å². The molecule has 0 spiro atoms. The van der Waals surface area contributed by atoms with Crippen molar-refractivity contribution in [2.24, 2.45) is 0 Å². The summed E-state index contributed by atoms with van der Waals surface area (Å²) in [6.07, 6.45) is 61.6. The molecule has 0 aliphatic carbocycles. The summed E-state index contributed by atoms with van der Waals surface area (Å²) in [5.41, 5.74) is 0. The molecule has 0 aromatic carbocycles. The van der Waals surface area contributed by atoms with Gasteiger partial charge in [-0.2, -0.15) is 0 Å². The number of hydrogen-bond donors (Lipinski definition) is 0. The predicted molar refractivity (Wildman–Crippen MR) is 275 cm³/mol. The van der Waals surface area contributed by atoms with Crippen LogP contribution in [0.15, 0.2) is 24.3 Å². The van der Waals surface area contributed by atoms with E-state index in [1.54, 1.807) is 0 Å². The van der Waals surface area contributed by atoms with Crippen molar-refractivity contribution in [3.8, 4) is 0 Å². The van der Waals surface area contributed by atoms with Crippen LogP contribution in [0.25, 0.3) is 0 Å². The summed E-state index contributed by atoms with van der Waals surface area (Å²) in [6.45, 7) is 6.66. The number of rotatable bonds is 52. The zero-order chi connectivity index (χ0) is 46.5. The first-order valence-corrected chi connectivity index (χ1v) is 28.4. The van der Waals surface area contributed by atoms with E-state index in [-0.39, 0.29) is 31.1 Å². The van der Waals surface area contributed by atoms with Gasteiger partial charge in [0.15, 0.2) is 6.10 Å². The lowest BCUT2D eigenvalue weighted by Gasteiger charge is -2.18. The maximum Gasteiger partial charge on any atom is 0.306 e. The summed E-state index contributed by atoms with van der Waals surface area (Å²) in [7, 11) is 0. The largest absolute Gasteiger partial charge is 0.462 e. The molecule has 1 atom stereocenters. The van der Waals surface area contributed by atoms with Crippen LogP contribution in [0.1, 0.15) is 310 Å². The molecule has 0 rings (SSSR count). The molecule has 0 saturated heterocycles. The summed E-state index contributed by atoms with van der Waals surface area (Å²) < 4.78 is 16.8. The fraction of sp³-hybridized carbons (Fsp3) is 0.879. The first kappa shape index (κ1) is 61.9. The highest BCUT2D eigenvalue weighted by atomic mass is 16.6. The molecule has 0 aromatic heterocycles. The Hall–Kier alpha value is -2.11. The van der Waals surface area contributed by atoms with Gasteiger partial charge in [0.2, 0.25) is 0 Å². The number of carbonyl (C=O) groups excluding carboxylic acids is 3. The Morgan fingerprint density at radius 3 is 0.844 bits per heavy atom. The molecule has 0 radical (unpaired) electrons. The first-order chi connectivity index (χ1) is 31.5. The fourth-order valence-electron chi connectivity index (χ4n) is 8.44. The Balaban J connectivity index is 4.36. The van der Waals surface area contributed by atoms with Gasteiger partial charge in [-0.15, -0.1) is 0 Å². The quantitative estimate of drug-likeness (QED) is 0.0262. The van der Waals surface area contributed by atoms with Gasteiger partial charge >= 0.3 is 17.9 Å². The van der Waals surface area contributed by atoms with Crippen molar-refractivity contribution in [3.63, 3.8) is 0 Å². The van der Waals surface area contributed by atoms with Gasteiger partial charge < -0.3 is 14.2 Å². The normalized spacial score (nSPS) is 12.1. The van der Waals surface area contributed by atoms with Crippen molar-refractivity contribution in [2.45, 2.75) is 316 Å². The molecule has 0 N–H and O–H groups in total. The Labute approximate surface area is 398 Å². The van der Waals surface area contributed by atoms with Gasteiger partial charge in [-0.25, -0.2) is 0 Å². The van der Waals surface area contributed by atoms with E-state index >= 15 is 0 Å². The Morgan fingerprint density at radius 1 is 0.312 bits per heavy atom. The van der Waals surface area contributed by atoms with Crippen LogP contribution in [0.2, 0.25) is 0 Å². The molecule has 0 aliphatic heterocycles. The average molecular weight is 901 g/mol. The minimum Gasteiger partial charge on any atom is -0.462 e. The van der Waals surface area contributed by atoms with Gasteiger partial charge in [0, 0.05) is 19.3 Å². The lowest BCUT2D eigenvalue weighted by molar-refractivity contribution is -0.167. The highest BCUT2D eigenvalue weighted by molar-refractivity contribution is 5.71. The topological polar surface area (TPSA) is 78.9 Å². The molecule has 0 saturated carbocycles. The standard InChI is InChI=1S/C58H108O6/c1-4-7-10-13-16-19-22-25-27-29-31-33-36-39-42-45-48-51-57(60)63-54-55(53-62-56(59)50-47-44-41-38-35-32-24-21-18-15-12-9-6-3)64-58(61)52-49-46-43-40-37-34-30-28-26-23-20-17-14-11-8-5-2/h28,30,34,37,55H,4-27,29,31-33,35-36,38-54H2,1-3H3/b30-28-,37-34-. The third-order valence-corrected chi connectivity index (χ3v) is 12.7. The third kappa shape index (κ3) is 50.9. The molecule has 0 aliphatic rings. The molecular formula is C58H108O6. The molecule has 1 unspecified atom stereocenters. The Kier molecular flexibility index (Phi) is 51.7. The van der Waals surface area contributed by atoms with Gasteiger partial charge in [0.25, 0.3) is 0 Å². The van der Waals surface area contributed by atoms with E-state index in [2.05, 4.69) is 45.1 Å². The van der Waals surface area contributed by atoms with E-state index in [0.717, 1.165) is 70.6 Å². The van der Waals surface area contributed by atoms with Gasteiger partial charge in [-0.05, 0) is 44.9 Å². The van der Waals surface area contributed by atoms with E-state index in [0.29, 0.717) is 19.3 Å². The summed E-state index contributed by atoms with van der Waals surface area (Å²) in [5, 5.41) is 0. The Morgan fingerprint density at radius 2 is 0.547 bits per heavy atom. The van der Waals surface area contributed by atoms with Crippen molar-refractivity contribution < 1.29 is 28.6 Å². The molecule has 0 bridgehead atoms. The van der Waals surface area contributed by atoms with Crippen LogP contribution in [0.5, 0.6) is 0 Å². The van der Waals surface area contributed by atoms with Gasteiger partial charge in [-0.1, -0.05) is 270 Å². The number of hydrogen-bond acceptors (Lipinski definition) is 6. The minimum absolute atomic E-state index is 0.0766. The second-order valence-corrected chi connectivity index (χ2v) is 19.2. The highest BCUT2D eigenvalue weighted by Crippen LogP contribution is 2.17. The van der Waals surface area contributed by atoms with Crippen molar-refractivity contribution in [1.29, 1.82) is 0 Å². The fourth-order valence-corrected chi connectivity index (χ4v) is 8.44. The smallest absolute Gasteiger partial charge is 0.306 e. The summed E-state index contributed by atoms with van der Waals surface area (Å²) in [5.74, 6) is -0.883. The van der Waals surface area contributed by atoms with Crippen LogP contribution >= 0.6 is 0 Å². The van der Waals surface area contributed by atoms with Crippen molar-refractivity contribution >= 4 is 17.9 Å². The Bertz CT molecular complexity index is 1040. The van der Waals surface area contributed by atoms with Crippen molar-refractivity contribution in [1.82, 2.24) is 0 Å². The SMILES string of the molecule is CCCCCCCCC/C=C\C=C/CCCCCC(=O)OC(COC(=O)CCCCCCCCCCCCCCC)COC(=O)CCCCCCCCCCCCCCCCCCC. The molecular weight excluding hydrogens is 793 g/mol. The second-order valence-electron chi connectivity index (χ2n) is 19.2. The maximum absolute atomic E-state index is 12.8. The molecule has 64 heavy (non-hydrogen) atoms. The minimum atomic E-state index is -0.779. The molecule has 0 heterocycles. The third-order valence-electron chi connectivity index (χ3n) is 12.7. The highest BCUT2D eigenvalue weighted by Gasteiger charge is 2.19. The zero-order valence-electron chi connectivity index (χ0n) is 43.1. The number of unbranched alkanes of at least 4 members (excludes halogenated alkanes) is 38. The van der Waals surface area contributed by atoms with Crippen LogP contribution in [-0.2, 0) is 28.6 Å². The van der Waals surface area contributed by atoms with Gasteiger partial charge in [-0.3, -0.25) is 14.4 Å². The number of carbonyl (C=O) groups is 3. The van der Waals surface area contributed by atoms with Crippen LogP contribution in [0.3, 0.4) is 0 Å². The number of allylic oxidation sites excluding steroid dienone is 4. The van der Waals surface area contributed by atoms with Crippen LogP contribution < -0.4 is 0 Å². The lowest BCUT2D eigenvalue weighted by atomic mass is 10.0. The zero-order valence-corrected chi connectivity index (χ0v) is 43.1. The predicted octanol–water partition coefficient (Wildman–Crippen LogP) is 18.7. The molecule has 6 nitrogen and oxygen atoms in total. The van der Waals surface area contributed by atoms with Gasteiger partial charge in [0.1, 0.15) is 13.2 Å². The van der Waals surface area contributed by atoms with Crippen LogP contribution in [-0.4, -0.2) is 37.2 Å². The molecule has 0 amide bonds. The summed E-state index contributed by atoms with van der Waals surface area (Å²) in [4.78, 5) is 38.1. The number of esters is 3. The number of ether oxygens (including phenoxy) is 3. The van der Waals surface area contributed by atoms with E-state index < -0.39 is 6.10 Å². The van der Waals surface area contributed by atoms with E-state index in [1.807, 2.05) is 0 Å². The second kappa shape index (κ2) is 53.5. The molecule has 0 fully saturated rings. The van der Waals surface area contributed by atoms with Crippen LogP contribution in [0.4, 0.5) is 0 Å². The van der Waals surface area contributed by atoms with Crippen LogP contribution in [0, 0.1) is 0 Å². The summed E-state index contributed by atoms with van der Waals surface area (Å²) >= 11 is 0. The van der Waals surface area contributed by atoms with Gasteiger partial charge in [0.05, 0.1) is 0 Å². The van der Waals surface area contributed by atoms with E-state index in [4.69, 9.17) is 14.2 Å². The maximum atomic E-state index is 12.8. The summed E-state index contributed by atoms with van der Waals surface area (Å²) in [6, 6.07) is 0. The van der Waals surface area contributed by atoms with E-state index in [1.165, 1.54) is 199 Å².